The van der Waals surface area contributed by atoms with E-state index in [9.17, 15) is 10.5 Å². The summed E-state index contributed by atoms with van der Waals surface area (Å²) in [5, 5.41) is 33.9. The molecule has 34 heavy (non-hydrogen) atoms. The van der Waals surface area contributed by atoms with Crippen LogP contribution in [0.5, 0.6) is 0 Å². The third kappa shape index (κ3) is 3.76. The van der Waals surface area contributed by atoms with Crippen molar-refractivity contribution in [1.82, 2.24) is 24.9 Å². The summed E-state index contributed by atoms with van der Waals surface area (Å²) in [6.45, 7) is 4.94. The maximum atomic E-state index is 9.80. The molecule has 3 N–H and O–H groups in total. The molecule has 0 unspecified atom stereocenters. The average Bonchev–Trinajstić information content (AvgIpc) is 3.78. The molecule has 2 aromatic heterocycles. The summed E-state index contributed by atoms with van der Waals surface area (Å²) in [6, 6.07) is 9.12. The zero-order valence-electron chi connectivity index (χ0n) is 19.0. The van der Waals surface area contributed by atoms with E-state index < -0.39 is 0 Å². The number of fused-ring (bicyclic) bond motifs is 1. The quantitative estimate of drug-likeness (QED) is 0.515. The zero-order chi connectivity index (χ0) is 23.2. The van der Waals surface area contributed by atoms with Crippen molar-refractivity contribution in [3.05, 3.63) is 35.0 Å². The van der Waals surface area contributed by atoms with Gasteiger partial charge in [0, 0.05) is 48.7 Å². The normalized spacial score (nSPS) is 20.1. The first-order valence-electron chi connectivity index (χ1n) is 11.9. The van der Waals surface area contributed by atoms with Crippen LogP contribution in [0.1, 0.15) is 55.2 Å². The van der Waals surface area contributed by atoms with Gasteiger partial charge in [0.2, 0.25) is 11.9 Å². The molecule has 3 fully saturated rings. The summed E-state index contributed by atoms with van der Waals surface area (Å²) >= 11 is 0. The molecular weight excluding hydrogens is 428 g/mol. The lowest BCUT2D eigenvalue weighted by Crippen LogP contribution is -2.50. The Morgan fingerprint density at radius 3 is 2.68 bits per heavy atom. The van der Waals surface area contributed by atoms with Gasteiger partial charge in [-0.2, -0.15) is 30.1 Å². The van der Waals surface area contributed by atoms with Gasteiger partial charge in [0.15, 0.2) is 5.65 Å². The summed E-state index contributed by atoms with van der Waals surface area (Å²) in [6.07, 6.45) is 5.95. The number of hydrogen-bond donors (Lipinski definition) is 3. The Morgan fingerprint density at radius 2 is 1.97 bits per heavy atom. The number of anilines is 4. The first-order chi connectivity index (χ1) is 16.6. The first kappa shape index (κ1) is 20.7. The van der Waals surface area contributed by atoms with Crippen molar-refractivity contribution in [1.29, 1.82) is 10.5 Å². The number of nitrogens with zero attached hydrogens (tertiary/aromatic N) is 7. The van der Waals surface area contributed by atoms with Gasteiger partial charge < -0.3 is 20.9 Å². The summed E-state index contributed by atoms with van der Waals surface area (Å²) in [5.74, 6) is 1.41. The highest BCUT2D eigenvalue weighted by molar-refractivity contribution is 5.75. The van der Waals surface area contributed by atoms with Gasteiger partial charge >= 0.3 is 0 Å². The molecule has 3 heterocycles. The van der Waals surface area contributed by atoms with Crippen LogP contribution < -0.4 is 20.9 Å². The molecular formula is C24H26N10. The van der Waals surface area contributed by atoms with E-state index in [-0.39, 0.29) is 0 Å². The predicted molar refractivity (Wildman–Crippen MR) is 128 cm³/mol. The van der Waals surface area contributed by atoms with Gasteiger partial charge in [-0.1, -0.05) is 0 Å². The van der Waals surface area contributed by atoms with Crippen LogP contribution in [-0.4, -0.2) is 51.3 Å². The molecule has 0 spiro atoms. The fraction of sp³-hybridized carbons (Fsp3) is 0.458. The number of piperazine rings is 1. The SMILES string of the molecule is C[C@H]1CNCCN1c1cc(C#N)cc(Nc2nc(NC3CC3)n3ncc(C#N)c3n2)c1C1CC1. The van der Waals surface area contributed by atoms with E-state index in [0.29, 0.717) is 46.7 Å². The number of nitriles is 2. The molecule has 3 aliphatic rings. The molecule has 1 saturated heterocycles. The van der Waals surface area contributed by atoms with Gasteiger partial charge in [-0.15, -0.1) is 0 Å². The van der Waals surface area contributed by atoms with E-state index >= 15 is 0 Å². The summed E-state index contributed by atoms with van der Waals surface area (Å²) in [5.41, 5.74) is 4.67. The van der Waals surface area contributed by atoms with Crippen molar-refractivity contribution < 1.29 is 0 Å². The first-order valence-corrected chi connectivity index (χ1v) is 11.9. The van der Waals surface area contributed by atoms with Gasteiger partial charge in [0.25, 0.3) is 0 Å². The van der Waals surface area contributed by atoms with E-state index in [1.165, 1.54) is 11.8 Å². The Kier molecular flexibility index (Phi) is 4.96. The minimum Gasteiger partial charge on any atom is -0.366 e. The molecule has 10 nitrogen and oxygen atoms in total. The number of hydrogen-bond acceptors (Lipinski definition) is 9. The van der Waals surface area contributed by atoms with Crippen LogP contribution in [0.15, 0.2) is 18.3 Å². The highest BCUT2D eigenvalue weighted by Crippen LogP contribution is 2.49. The van der Waals surface area contributed by atoms with E-state index in [0.717, 1.165) is 56.7 Å². The van der Waals surface area contributed by atoms with Crippen LogP contribution in [-0.2, 0) is 0 Å². The number of nitrogens with one attached hydrogen (secondary N) is 3. The van der Waals surface area contributed by atoms with Gasteiger partial charge in [0.1, 0.15) is 11.6 Å². The summed E-state index contributed by atoms with van der Waals surface area (Å²) < 4.78 is 1.59. The van der Waals surface area contributed by atoms with Gasteiger partial charge in [-0.3, -0.25) is 0 Å². The second kappa shape index (κ2) is 8.15. The van der Waals surface area contributed by atoms with Gasteiger partial charge in [-0.05, 0) is 50.7 Å². The number of benzene rings is 1. The lowest BCUT2D eigenvalue weighted by atomic mass is 9.99. The topological polar surface area (TPSA) is 130 Å². The second-order valence-electron chi connectivity index (χ2n) is 9.41. The monoisotopic (exact) mass is 454 g/mol. The van der Waals surface area contributed by atoms with E-state index in [2.05, 4.69) is 50.0 Å². The average molecular weight is 455 g/mol. The van der Waals surface area contributed by atoms with Crippen LogP contribution in [0, 0.1) is 22.7 Å². The Labute approximate surface area is 197 Å². The maximum Gasteiger partial charge on any atom is 0.232 e. The molecule has 10 heteroatoms. The molecule has 1 atom stereocenters. The van der Waals surface area contributed by atoms with Crippen LogP contribution >= 0.6 is 0 Å². The van der Waals surface area contributed by atoms with Crippen LogP contribution in [0.25, 0.3) is 5.65 Å². The minimum atomic E-state index is 0.333. The van der Waals surface area contributed by atoms with E-state index in [1.54, 1.807) is 4.52 Å². The fourth-order valence-corrected chi connectivity index (χ4v) is 4.68. The highest BCUT2D eigenvalue weighted by atomic mass is 15.4. The van der Waals surface area contributed by atoms with Crippen LogP contribution in [0.4, 0.5) is 23.3 Å². The smallest absolute Gasteiger partial charge is 0.232 e. The van der Waals surface area contributed by atoms with Crippen molar-refractivity contribution in [3.63, 3.8) is 0 Å². The van der Waals surface area contributed by atoms with Crippen LogP contribution in [0.3, 0.4) is 0 Å². The Hall–Kier alpha value is -3.89. The predicted octanol–water partition coefficient (Wildman–Crippen LogP) is 2.86. The number of aromatic nitrogens is 4. The van der Waals surface area contributed by atoms with Crippen molar-refractivity contribution in [2.24, 2.45) is 0 Å². The lowest BCUT2D eigenvalue weighted by molar-refractivity contribution is 0.500. The summed E-state index contributed by atoms with van der Waals surface area (Å²) in [4.78, 5) is 11.7. The standard InChI is InChI=1S/C24H26N10/c1-14-12-27-6-7-33(14)20-9-15(10-25)8-19(21(20)16-2-3-16)30-23-31-22-17(11-26)13-28-34(22)24(32-23)29-18-4-5-18/h8-9,13-14,16,18,27H,2-7,12H2,1H3,(H2,29,30,31,32)/t14-/m0/s1. The molecule has 0 amide bonds. The lowest BCUT2D eigenvalue weighted by Gasteiger charge is -2.37. The molecule has 1 aromatic carbocycles. The third-order valence-electron chi connectivity index (χ3n) is 6.73. The molecule has 0 bridgehead atoms. The van der Waals surface area contributed by atoms with Gasteiger partial charge in [0.05, 0.1) is 17.8 Å². The molecule has 0 radical (unpaired) electrons. The van der Waals surface area contributed by atoms with Gasteiger partial charge in [-0.25, -0.2) is 0 Å². The molecule has 6 rings (SSSR count). The highest BCUT2D eigenvalue weighted by Gasteiger charge is 2.33. The van der Waals surface area contributed by atoms with Crippen LogP contribution in [0.2, 0.25) is 0 Å². The second-order valence-corrected chi connectivity index (χ2v) is 9.41. The van der Waals surface area contributed by atoms with Crippen molar-refractivity contribution >= 4 is 28.9 Å². The maximum absolute atomic E-state index is 9.80. The molecule has 3 aromatic rings. The molecule has 172 valence electrons. The number of rotatable bonds is 6. The molecule has 2 aliphatic carbocycles. The Balaban J connectivity index is 1.46. The van der Waals surface area contributed by atoms with Crippen molar-refractivity contribution in [2.45, 2.75) is 50.6 Å². The van der Waals surface area contributed by atoms with Crippen molar-refractivity contribution in [3.8, 4) is 12.1 Å². The fourth-order valence-electron chi connectivity index (χ4n) is 4.68. The Bertz CT molecular complexity index is 1340. The summed E-state index contributed by atoms with van der Waals surface area (Å²) in [7, 11) is 0. The Morgan fingerprint density at radius 1 is 1.12 bits per heavy atom. The third-order valence-corrected chi connectivity index (χ3v) is 6.73. The van der Waals surface area contributed by atoms with Crippen molar-refractivity contribution in [2.75, 3.05) is 35.2 Å². The molecule has 2 saturated carbocycles. The van der Waals surface area contributed by atoms with E-state index in [4.69, 9.17) is 4.98 Å². The minimum absolute atomic E-state index is 0.333. The largest absolute Gasteiger partial charge is 0.366 e. The zero-order valence-corrected chi connectivity index (χ0v) is 19.0. The van der Waals surface area contributed by atoms with E-state index in [1.807, 2.05) is 12.1 Å². The molecule has 1 aliphatic heterocycles.